The summed E-state index contributed by atoms with van der Waals surface area (Å²) in [6, 6.07) is 16.3. The van der Waals surface area contributed by atoms with Crippen LogP contribution in [0.15, 0.2) is 48.5 Å². The van der Waals surface area contributed by atoms with Gasteiger partial charge < -0.3 is 0 Å². The lowest BCUT2D eigenvalue weighted by molar-refractivity contribution is 0.0642. The lowest BCUT2D eigenvalue weighted by Crippen LogP contribution is -2.29. The van der Waals surface area contributed by atoms with E-state index in [0.29, 0.717) is 17.5 Å². The zero-order chi connectivity index (χ0) is 14.8. The van der Waals surface area contributed by atoms with Crippen LogP contribution in [-0.4, -0.2) is 16.7 Å². The van der Waals surface area contributed by atoms with E-state index in [1.807, 2.05) is 24.3 Å². The van der Waals surface area contributed by atoms with Gasteiger partial charge in [-0.15, -0.1) is 0 Å². The molecular weight excluding hydrogens is 264 g/mol. The molecule has 0 fully saturated rings. The molecule has 0 aliphatic carbocycles. The summed E-state index contributed by atoms with van der Waals surface area (Å²) in [5.41, 5.74) is 2.71. The highest BCUT2D eigenvalue weighted by Gasteiger charge is 2.34. The highest BCUT2D eigenvalue weighted by molar-refractivity contribution is 6.21. The van der Waals surface area contributed by atoms with Gasteiger partial charge in [0, 0.05) is 0 Å². The zero-order valence-electron chi connectivity index (χ0n) is 11.2. The number of fused-ring (bicyclic) bond motifs is 1. The third-order valence-electron chi connectivity index (χ3n) is 3.53. The first-order valence-corrected chi connectivity index (χ1v) is 6.60. The number of nitriles is 1. The summed E-state index contributed by atoms with van der Waals surface area (Å²) in [5, 5.41) is 8.64. The molecule has 0 saturated carbocycles. The maximum atomic E-state index is 12.2. The minimum absolute atomic E-state index is 0.249. The van der Waals surface area contributed by atoms with Crippen molar-refractivity contribution < 1.29 is 9.59 Å². The molecule has 2 aromatic rings. The van der Waals surface area contributed by atoms with Gasteiger partial charge in [-0.05, 0) is 23.3 Å². The van der Waals surface area contributed by atoms with Crippen molar-refractivity contribution in [1.82, 2.24) is 4.90 Å². The first kappa shape index (κ1) is 13.1. The molecule has 1 heterocycles. The Morgan fingerprint density at radius 2 is 1.38 bits per heavy atom. The molecule has 0 saturated heterocycles. The molecule has 0 atom stereocenters. The predicted molar refractivity (Wildman–Crippen MR) is 76.4 cm³/mol. The van der Waals surface area contributed by atoms with Crippen molar-refractivity contribution in [2.45, 2.75) is 13.0 Å². The summed E-state index contributed by atoms with van der Waals surface area (Å²) in [7, 11) is 0. The van der Waals surface area contributed by atoms with E-state index in [0.717, 1.165) is 11.1 Å². The molecule has 4 nitrogen and oxygen atoms in total. The molecule has 0 aromatic heterocycles. The predicted octanol–water partition coefficient (Wildman–Crippen LogP) is 2.55. The third-order valence-corrected chi connectivity index (χ3v) is 3.53. The molecule has 4 heteroatoms. The fourth-order valence-corrected chi connectivity index (χ4v) is 2.42. The van der Waals surface area contributed by atoms with E-state index < -0.39 is 0 Å². The normalized spacial score (nSPS) is 13.2. The third kappa shape index (κ3) is 2.30. The number of carbonyl (C=O) groups excluding carboxylic acids is 2. The highest BCUT2D eigenvalue weighted by Crippen LogP contribution is 2.24. The van der Waals surface area contributed by atoms with Gasteiger partial charge >= 0.3 is 0 Å². The number of nitrogens with zero attached hydrogens (tertiary/aromatic N) is 2. The van der Waals surface area contributed by atoms with E-state index in [9.17, 15) is 9.59 Å². The second kappa shape index (κ2) is 5.22. The number of amides is 2. The van der Waals surface area contributed by atoms with Crippen molar-refractivity contribution in [3.8, 4) is 6.07 Å². The number of rotatable bonds is 3. The Morgan fingerprint density at radius 1 is 0.857 bits per heavy atom. The van der Waals surface area contributed by atoms with Crippen LogP contribution < -0.4 is 0 Å². The minimum Gasteiger partial charge on any atom is -0.270 e. The lowest BCUT2D eigenvalue weighted by Gasteiger charge is -2.14. The van der Waals surface area contributed by atoms with Crippen molar-refractivity contribution in [2.24, 2.45) is 0 Å². The topological polar surface area (TPSA) is 61.2 Å². The number of hydrogen-bond acceptors (Lipinski definition) is 3. The van der Waals surface area contributed by atoms with Gasteiger partial charge in [0.05, 0.1) is 30.2 Å². The van der Waals surface area contributed by atoms with E-state index >= 15 is 0 Å². The van der Waals surface area contributed by atoms with E-state index in [-0.39, 0.29) is 18.4 Å². The summed E-state index contributed by atoms with van der Waals surface area (Å²) in [5.74, 6) is -0.506. The van der Waals surface area contributed by atoms with E-state index in [1.54, 1.807) is 24.3 Å². The number of imide groups is 1. The van der Waals surface area contributed by atoms with Crippen molar-refractivity contribution in [1.29, 1.82) is 5.26 Å². The molecule has 21 heavy (non-hydrogen) atoms. The number of carbonyl (C=O) groups is 2. The average Bonchev–Trinajstić information content (AvgIpc) is 2.75. The van der Waals surface area contributed by atoms with Crippen molar-refractivity contribution >= 4 is 11.8 Å². The van der Waals surface area contributed by atoms with Gasteiger partial charge in [-0.2, -0.15) is 5.26 Å². The van der Waals surface area contributed by atoms with Gasteiger partial charge in [-0.3, -0.25) is 14.5 Å². The molecule has 2 aromatic carbocycles. The SMILES string of the molecule is N#CCc1ccc(CN2C(=O)c3ccccc3C2=O)cc1. The van der Waals surface area contributed by atoms with Crippen LogP contribution in [0.2, 0.25) is 0 Å². The van der Waals surface area contributed by atoms with Crippen LogP contribution in [0.1, 0.15) is 31.8 Å². The molecule has 0 bridgehead atoms. The fourth-order valence-electron chi connectivity index (χ4n) is 2.42. The van der Waals surface area contributed by atoms with Crippen molar-refractivity contribution in [3.63, 3.8) is 0 Å². The monoisotopic (exact) mass is 276 g/mol. The van der Waals surface area contributed by atoms with Gasteiger partial charge in [-0.25, -0.2) is 0 Å². The van der Waals surface area contributed by atoms with Crippen molar-refractivity contribution in [3.05, 3.63) is 70.8 Å². The maximum Gasteiger partial charge on any atom is 0.261 e. The van der Waals surface area contributed by atoms with Crippen molar-refractivity contribution in [2.75, 3.05) is 0 Å². The first-order valence-electron chi connectivity index (χ1n) is 6.60. The van der Waals surface area contributed by atoms with Gasteiger partial charge in [0.25, 0.3) is 11.8 Å². The summed E-state index contributed by atoms with van der Waals surface area (Å²) in [6.07, 6.45) is 0.354. The van der Waals surface area contributed by atoms with Crippen LogP contribution in [-0.2, 0) is 13.0 Å². The lowest BCUT2D eigenvalue weighted by atomic mass is 10.1. The molecule has 3 rings (SSSR count). The van der Waals surface area contributed by atoms with Crippen LogP contribution in [0.25, 0.3) is 0 Å². The van der Waals surface area contributed by atoms with Gasteiger partial charge in [0.1, 0.15) is 0 Å². The Labute approximate surface area is 122 Å². The average molecular weight is 276 g/mol. The van der Waals surface area contributed by atoms with Crippen LogP contribution in [0.4, 0.5) is 0 Å². The molecule has 2 amide bonds. The number of benzene rings is 2. The van der Waals surface area contributed by atoms with Gasteiger partial charge in [0.15, 0.2) is 0 Å². The quantitative estimate of drug-likeness (QED) is 0.809. The molecule has 0 unspecified atom stereocenters. The molecular formula is C17H12N2O2. The van der Waals surface area contributed by atoms with Crippen LogP contribution in [0.5, 0.6) is 0 Å². The van der Waals surface area contributed by atoms with Gasteiger partial charge in [-0.1, -0.05) is 36.4 Å². The van der Waals surface area contributed by atoms with E-state index in [2.05, 4.69) is 6.07 Å². The Kier molecular flexibility index (Phi) is 3.25. The molecule has 102 valence electrons. The van der Waals surface area contributed by atoms with Crippen LogP contribution >= 0.6 is 0 Å². The maximum absolute atomic E-state index is 12.2. The molecule has 0 spiro atoms. The standard InChI is InChI=1S/C17H12N2O2/c18-10-9-12-5-7-13(8-6-12)11-19-16(20)14-3-1-2-4-15(14)17(19)21/h1-8H,9,11H2. The van der Waals surface area contributed by atoms with E-state index in [1.165, 1.54) is 4.90 Å². The summed E-state index contributed by atoms with van der Waals surface area (Å²) in [4.78, 5) is 25.7. The number of hydrogen-bond donors (Lipinski definition) is 0. The summed E-state index contributed by atoms with van der Waals surface area (Å²) < 4.78 is 0. The Morgan fingerprint density at radius 3 is 1.90 bits per heavy atom. The highest BCUT2D eigenvalue weighted by atomic mass is 16.2. The summed E-state index contributed by atoms with van der Waals surface area (Å²) >= 11 is 0. The summed E-state index contributed by atoms with van der Waals surface area (Å²) in [6.45, 7) is 0.249. The fraction of sp³-hybridized carbons (Fsp3) is 0.118. The van der Waals surface area contributed by atoms with E-state index in [4.69, 9.17) is 5.26 Å². The Hall–Kier alpha value is -2.93. The second-order valence-corrected chi connectivity index (χ2v) is 4.89. The molecule has 1 aliphatic heterocycles. The molecule has 1 aliphatic rings. The van der Waals surface area contributed by atoms with Gasteiger partial charge in [0.2, 0.25) is 0 Å². The molecule has 0 N–H and O–H groups in total. The first-order chi connectivity index (χ1) is 10.2. The zero-order valence-corrected chi connectivity index (χ0v) is 11.2. The van der Waals surface area contributed by atoms with Crippen LogP contribution in [0, 0.1) is 11.3 Å². The Balaban J connectivity index is 1.82. The Bertz CT molecular complexity index is 722. The second-order valence-electron chi connectivity index (χ2n) is 4.89. The largest absolute Gasteiger partial charge is 0.270 e. The van der Waals surface area contributed by atoms with Crippen LogP contribution in [0.3, 0.4) is 0 Å². The molecule has 0 radical (unpaired) electrons. The minimum atomic E-state index is -0.253. The smallest absolute Gasteiger partial charge is 0.261 e.